The Bertz CT molecular complexity index is 345. The predicted molar refractivity (Wildman–Crippen MR) is 70.4 cm³/mol. The minimum Gasteiger partial charge on any atom is -0.399 e. The highest BCUT2D eigenvalue weighted by atomic mass is 32.1. The Hall–Kier alpha value is -0.840. The molecule has 4 bridgehead atoms. The van der Waals surface area contributed by atoms with Crippen molar-refractivity contribution in [3.63, 3.8) is 0 Å². The van der Waals surface area contributed by atoms with Gasteiger partial charge in [-0.1, -0.05) is 0 Å². The van der Waals surface area contributed by atoms with Crippen molar-refractivity contribution in [2.45, 2.75) is 44.1 Å². The smallest absolute Gasteiger partial charge is 0.289 e. The molecule has 4 aliphatic rings. The highest BCUT2D eigenvalue weighted by Crippen LogP contribution is 2.57. The summed E-state index contributed by atoms with van der Waals surface area (Å²) in [5.41, 5.74) is 11.1. The fourth-order valence-corrected chi connectivity index (χ4v) is 4.65. The van der Waals surface area contributed by atoms with E-state index >= 15 is 0 Å². The summed E-state index contributed by atoms with van der Waals surface area (Å²) in [4.78, 5) is 4.61. The fraction of sp³-hybridized carbons (Fsp3) is 0.833. The summed E-state index contributed by atoms with van der Waals surface area (Å²) in [6, 6.07) is 0.152. The maximum Gasteiger partial charge on any atom is 0.289 e. The van der Waals surface area contributed by atoms with Gasteiger partial charge in [0.1, 0.15) is 0 Å². The average molecular weight is 253 g/mol. The molecular formula is C12H19N3OS. The third-order valence-corrected chi connectivity index (χ3v) is 4.64. The minimum atomic E-state index is -0.0454. The van der Waals surface area contributed by atoms with Gasteiger partial charge in [-0.3, -0.25) is 0 Å². The SMILES string of the molecule is NC(=S)OC(N)=NC12CC3CC(CC(C3)C1)C2. The first kappa shape index (κ1) is 11.3. The zero-order valence-electron chi connectivity index (χ0n) is 9.89. The second-order valence-corrected chi connectivity index (χ2v) is 6.42. The average Bonchev–Trinajstić information content (AvgIpc) is 2.11. The largest absolute Gasteiger partial charge is 0.399 e. The second-order valence-electron chi connectivity index (χ2n) is 6.01. The molecule has 0 aromatic heterocycles. The van der Waals surface area contributed by atoms with Crippen LogP contribution in [0.5, 0.6) is 0 Å². The molecule has 0 aromatic rings. The lowest BCUT2D eigenvalue weighted by molar-refractivity contribution is 0.000916. The first-order chi connectivity index (χ1) is 8.05. The van der Waals surface area contributed by atoms with Crippen LogP contribution in [0.25, 0.3) is 0 Å². The first-order valence-electron chi connectivity index (χ1n) is 6.37. The Kier molecular flexibility index (Phi) is 2.54. The van der Waals surface area contributed by atoms with E-state index in [1.807, 2.05) is 0 Å². The van der Waals surface area contributed by atoms with Crippen LogP contribution in [0, 0.1) is 17.8 Å². The van der Waals surface area contributed by atoms with Crippen molar-refractivity contribution in [1.82, 2.24) is 0 Å². The Balaban J connectivity index is 1.80. The van der Waals surface area contributed by atoms with E-state index in [2.05, 4.69) is 17.2 Å². The first-order valence-corrected chi connectivity index (χ1v) is 6.78. The molecule has 4 aliphatic carbocycles. The van der Waals surface area contributed by atoms with Crippen LogP contribution < -0.4 is 11.5 Å². The van der Waals surface area contributed by atoms with Crippen molar-refractivity contribution >= 4 is 23.4 Å². The standard InChI is InChI=1S/C12H19N3OS/c13-10(16-11(14)17)15-12-4-7-1-8(5-12)3-9(2-7)6-12/h7-9H,1-6H2,(H2,13,15)(H2,14,17). The summed E-state index contributed by atoms with van der Waals surface area (Å²) in [5.74, 6) is 2.55. The normalized spacial score (nSPS) is 43.8. The summed E-state index contributed by atoms with van der Waals surface area (Å²) in [6.07, 6.45) is 7.68. The summed E-state index contributed by atoms with van der Waals surface area (Å²) in [5, 5.41) is -0.0454. The van der Waals surface area contributed by atoms with Gasteiger partial charge in [-0.25, -0.2) is 4.99 Å². The molecule has 4 nitrogen and oxygen atoms in total. The van der Waals surface area contributed by atoms with E-state index in [0.717, 1.165) is 17.8 Å². The lowest BCUT2D eigenvalue weighted by Gasteiger charge is -2.54. The summed E-state index contributed by atoms with van der Waals surface area (Å²) >= 11 is 4.68. The van der Waals surface area contributed by atoms with Crippen LogP contribution >= 0.6 is 12.2 Å². The van der Waals surface area contributed by atoms with E-state index in [-0.39, 0.29) is 16.7 Å². The van der Waals surface area contributed by atoms with Crippen LogP contribution in [0.4, 0.5) is 0 Å². The summed E-state index contributed by atoms with van der Waals surface area (Å²) < 4.78 is 5.03. The van der Waals surface area contributed by atoms with Gasteiger partial charge < -0.3 is 16.2 Å². The van der Waals surface area contributed by atoms with Gasteiger partial charge in [0.05, 0.1) is 5.54 Å². The lowest BCUT2D eigenvalue weighted by atomic mass is 9.53. The topological polar surface area (TPSA) is 73.6 Å². The van der Waals surface area contributed by atoms with E-state index in [0.29, 0.717) is 0 Å². The quantitative estimate of drug-likeness (QED) is 0.422. The molecule has 0 unspecified atom stereocenters. The monoisotopic (exact) mass is 253 g/mol. The maximum absolute atomic E-state index is 5.76. The number of nitrogens with zero attached hydrogens (tertiary/aromatic N) is 1. The number of amidine groups is 1. The number of aliphatic imine (C=N–C) groups is 1. The highest BCUT2D eigenvalue weighted by molar-refractivity contribution is 7.80. The molecule has 4 rings (SSSR count). The van der Waals surface area contributed by atoms with E-state index in [1.165, 1.54) is 38.5 Å². The molecule has 5 heteroatoms. The predicted octanol–water partition coefficient (Wildman–Crippen LogP) is 1.53. The fourth-order valence-electron chi connectivity index (χ4n) is 4.56. The molecule has 0 heterocycles. The van der Waals surface area contributed by atoms with Gasteiger partial charge in [0, 0.05) is 0 Å². The molecule has 94 valence electrons. The molecule has 4 fully saturated rings. The molecule has 17 heavy (non-hydrogen) atoms. The second kappa shape index (κ2) is 3.83. The lowest BCUT2D eigenvalue weighted by Crippen LogP contribution is -2.50. The minimum absolute atomic E-state index is 0.0314. The van der Waals surface area contributed by atoms with Crippen LogP contribution in [0.1, 0.15) is 38.5 Å². The molecule has 0 amide bonds. The number of hydrogen-bond donors (Lipinski definition) is 2. The molecule has 4 saturated carbocycles. The van der Waals surface area contributed by atoms with Crippen molar-refractivity contribution in [3.05, 3.63) is 0 Å². The van der Waals surface area contributed by atoms with Gasteiger partial charge in [-0.2, -0.15) is 0 Å². The number of hydrogen-bond acceptors (Lipinski definition) is 3. The summed E-state index contributed by atoms with van der Waals surface area (Å²) in [6.45, 7) is 0. The number of nitrogens with two attached hydrogens (primary N) is 2. The van der Waals surface area contributed by atoms with E-state index in [1.54, 1.807) is 0 Å². The molecule has 0 saturated heterocycles. The molecule has 0 aromatic carbocycles. The molecule has 0 radical (unpaired) electrons. The molecular weight excluding hydrogens is 234 g/mol. The molecule has 0 spiro atoms. The number of thiocarbonyl (C=S) groups is 1. The van der Waals surface area contributed by atoms with Gasteiger partial charge in [0.25, 0.3) is 11.2 Å². The zero-order chi connectivity index (χ0) is 12.0. The third kappa shape index (κ3) is 2.12. The van der Waals surface area contributed by atoms with Gasteiger partial charge in [0.2, 0.25) is 0 Å². The molecule has 4 N–H and O–H groups in total. The Morgan fingerprint density at radius 2 is 1.53 bits per heavy atom. The zero-order valence-corrected chi connectivity index (χ0v) is 10.7. The van der Waals surface area contributed by atoms with Gasteiger partial charge in [0.15, 0.2) is 0 Å². The van der Waals surface area contributed by atoms with E-state index in [9.17, 15) is 0 Å². The van der Waals surface area contributed by atoms with Crippen molar-refractivity contribution in [2.24, 2.45) is 34.2 Å². The number of rotatable bonds is 1. The highest BCUT2D eigenvalue weighted by Gasteiger charge is 2.51. The van der Waals surface area contributed by atoms with Crippen LogP contribution in [0.3, 0.4) is 0 Å². The number of ether oxygens (including phenoxy) is 1. The van der Waals surface area contributed by atoms with Crippen molar-refractivity contribution in [3.8, 4) is 0 Å². The van der Waals surface area contributed by atoms with Gasteiger partial charge in [-0.15, -0.1) is 0 Å². The third-order valence-electron chi connectivity index (χ3n) is 4.56. The Labute approximate surface area is 107 Å². The maximum atomic E-state index is 5.76. The molecule has 0 atom stereocenters. The van der Waals surface area contributed by atoms with Crippen LogP contribution in [0.15, 0.2) is 4.99 Å². The van der Waals surface area contributed by atoms with Crippen molar-refractivity contribution < 1.29 is 4.74 Å². The van der Waals surface area contributed by atoms with Crippen LogP contribution in [-0.2, 0) is 4.74 Å². The van der Waals surface area contributed by atoms with Crippen LogP contribution in [0.2, 0.25) is 0 Å². The summed E-state index contributed by atoms with van der Waals surface area (Å²) in [7, 11) is 0. The van der Waals surface area contributed by atoms with Gasteiger partial charge in [-0.05, 0) is 68.5 Å². The van der Waals surface area contributed by atoms with E-state index < -0.39 is 0 Å². The van der Waals surface area contributed by atoms with Crippen molar-refractivity contribution in [2.75, 3.05) is 0 Å². The van der Waals surface area contributed by atoms with Crippen molar-refractivity contribution in [1.29, 1.82) is 0 Å². The van der Waals surface area contributed by atoms with E-state index in [4.69, 9.17) is 16.2 Å². The van der Waals surface area contributed by atoms with Crippen LogP contribution in [-0.4, -0.2) is 16.7 Å². The Morgan fingerprint density at radius 3 is 1.94 bits per heavy atom. The Morgan fingerprint density at radius 1 is 1.06 bits per heavy atom. The van der Waals surface area contributed by atoms with Gasteiger partial charge >= 0.3 is 0 Å². The molecule has 0 aliphatic heterocycles.